The van der Waals surface area contributed by atoms with Crippen LogP contribution in [0.2, 0.25) is 0 Å². The molecule has 0 aliphatic carbocycles. The number of rotatable bonds is 4. The molecule has 3 N–H and O–H groups in total. The lowest BCUT2D eigenvalue weighted by Crippen LogP contribution is -2.41. The van der Waals surface area contributed by atoms with Gasteiger partial charge in [-0.05, 0) is 18.6 Å². The molecule has 6 heteroatoms. The third-order valence-electron chi connectivity index (χ3n) is 4.28. The molecular weight excluding hydrogens is 322 g/mol. The first-order chi connectivity index (χ1) is 11.9. The highest BCUT2D eigenvalue weighted by molar-refractivity contribution is 6.17. The van der Waals surface area contributed by atoms with Gasteiger partial charge in [0.15, 0.2) is 0 Å². The van der Waals surface area contributed by atoms with Crippen molar-refractivity contribution in [3.05, 3.63) is 76.9 Å². The Morgan fingerprint density at radius 3 is 2.36 bits per heavy atom. The van der Waals surface area contributed by atoms with E-state index in [0.29, 0.717) is 22.9 Å². The molecule has 1 atom stereocenters. The molecule has 1 unspecified atom stereocenters. The van der Waals surface area contributed by atoms with Crippen LogP contribution in [0.4, 0.5) is 5.69 Å². The molecule has 1 amide bonds. The number of aryl methyl sites for hydroxylation is 1. The second-order valence-corrected chi connectivity index (χ2v) is 5.82. The van der Waals surface area contributed by atoms with Crippen molar-refractivity contribution in [1.29, 1.82) is 0 Å². The number of hydrogen-bond acceptors (Lipinski definition) is 3. The lowest BCUT2D eigenvalue weighted by atomic mass is 9.69. The van der Waals surface area contributed by atoms with Crippen LogP contribution in [-0.2, 0) is 19.8 Å². The summed E-state index contributed by atoms with van der Waals surface area (Å²) in [5.41, 5.74) is -0.113. The molecule has 2 aromatic rings. The van der Waals surface area contributed by atoms with Gasteiger partial charge in [-0.15, -0.1) is 0 Å². The Hall–Kier alpha value is -3.41. The number of carbonyl (C=O) groups excluding carboxylic acids is 1. The van der Waals surface area contributed by atoms with Crippen molar-refractivity contribution in [2.24, 2.45) is 0 Å². The van der Waals surface area contributed by atoms with Gasteiger partial charge in [0.2, 0.25) is 5.91 Å². The molecule has 6 nitrogen and oxygen atoms in total. The molecule has 0 saturated carbocycles. The van der Waals surface area contributed by atoms with E-state index in [1.165, 1.54) is 0 Å². The molecule has 0 bridgehead atoms. The quantitative estimate of drug-likeness (QED) is 0.743. The Morgan fingerprint density at radius 1 is 1.08 bits per heavy atom. The number of carboxylic acids is 2. The van der Waals surface area contributed by atoms with Crippen molar-refractivity contribution in [3.63, 3.8) is 0 Å². The second-order valence-electron chi connectivity index (χ2n) is 5.82. The fourth-order valence-corrected chi connectivity index (χ4v) is 3.27. The average molecular weight is 337 g/mol. The minimum Gasteiger partial charge on any atom is -0.478 e. The number of nitrogens with one attached hydrogen (secondary N) is 1. The summed E-state index contributed by atoms with van der Waals surface area (Å²) in [6.45, 7) is 1.82. The fraction of sp³-hybridized carbons (Fsp3) is 0.105. The van der Waals surface area contributed by atoms with Crippen LogP contribution in [0, 0.1) is 6.92 Å². The van der Waals surface area contributed by atoms with Crippen LogP contribution < -0.4 is 5.32 Å². The normalized spacial score (nSPS) is 19.2. The summed E-state index contributed by atoms with van der Waals surface area (Å²) < 4.78 is 0. The van der Waals surface area contributed by atoms with E-state index in [9.17, 15) is 24.6 Å². The van der Waals surface area contributed by atoms with Crippen LogP contribution in [0.5, 0.6) is 0 Å². The number of fused-ring (bicyclic) bond motifs is 1. The zero-order valence-corrected chi connectivity index (χ0v) is 13.3. The molecule has 126 valence electrons. The third-order valence-corrected chi connectivity index (χ3v) is 4.28. The summed E-state index contributed by atoms with van der Waals surface area (Å²) in [6.07, 6.45) is 0.590. The van der Waals surface area contributed by atoms with Gasteiger partial charge < -0.3 is 15.5 Å². The predicted molar refractivity (Wildman–Crippen MR) is 90.4 cm³/mol. The number of carboxylic acid groups (broad SMARTS) is 2. The Bertz CT molecular complexity index is 917. The molecule has 0 spiro atoms. The van der Waals surface area contributed by atoms with Gasteiger partial charge in [0.1, 0.15) is 5.41 Å². The Labute approximate surface area is 143 Å². The fourth-order valence-electron chi connectivity index (χ4n) is 3.27. The maximum absolute atomic E-state index is 13.0. The lowest BCUT2D eigenvalue weighted by molar-refractivity contribution is -0.136. The maximum Gasteiger partial charge on any atom is 0.333 e. The van der Waals surface area contributed by atoms with Gasteiger partial charge in [-0.2, -0.15) is 0 Å². The molecule has 1 heterocycles. The first-order valence-electron chi connectivity index (χ1n) is 7.54. The van der Waals surface area contributed by atoms with Gasteiger partial charge in [0.05, 0.1) is 5.57 Å². The average Bonchev–Trinajstić information content (AvgIpc) is 2.85. The summed E-state index contributed by atoms with van der Waals surface area (Å²) in [5.74, 6) is -3.48. The molecule has 0 radical (unpaired) electrons. The molecule has 1 aliphatic heterocycles. The van der Waals surface area contributed by atoms with Crippen LogP contribution in [0.1, 0.15) is 16.7 Å². The van der Waals surface area contributed by atoms with Crippen molar-refractivity contribution in [2.45, 2.75) is 12.3 Å². The van der Waals surface area contributed by atoms with Crippen LogP contribution in [-0.4, -0.2) is 28.1 Å². The second kappa shape index (κ2) is 5.90. The smallest absolute Gasteiger partial charge is 0.333 e. The van der Waals surface area contributed by atoms with Crippen LogP contribution in [0.3, 0.4) is 0 Å². The molecule has 25 heavy (non-hydrogen) atoms. The molecule has 2 aromatic carbocycles. The van der Waals surface area contributed by atoms with E-state index in [0.717, 1.165) is 5.56 Å². The number of carbonyl (C=O) groups is 3. The van der Waals surface area contributed by atoms with Crippen molar-refractivity contribution in [1.82, 2.24) is 0 Å². The highest BCUT2D eigenvalue weighted by Crippen LogP contribution is 2.48. The first-order valence-corrected chi connectivity index (χ1v) is 7.54. The van der Waals surface area contributed by atoms with Crippen LogP contribution in [0.25, 0.3) is 0 Å². The summed E-state index contributed by atoms with van der Waals surface area (Å²) in [6, 6.07) is 13.5. The van der Waals surface area contributed by atoms with Gasteiger partial charge in [-0.3, -0.25) is 4.79 Å². The number of amides is 1. The Balaban J connectivity index is 2.45. The summed E-state index contributed by atoms with van der Waals surface area (Å²) in [7, 11) is 0. The van der Waals surface area contributed by atoms with E-state index in [-0.39, 0.29) is 0 Å². The number of aliphatic carboxylic acids is 2. The van der Waals surface area contributed by atoms with Crippen molar-refractivity contribution in [2.75, 3.05) is 5.32 Å². The van der Waals surface area contributed by atoms with Gasteiger partial charge in [-0.1, -0.05) is 48.0 Å². The summed E-state index contributed by atoms with van der Waals surface area (Å²) in [4.78, 5) is 36.2. The highest BCUT2D eigenvalue weighted by atomic mass is 16.4. The molecular formula is C19H15NO5. The molecule has 1 aliphatic rings. The number of benzene rings is 2. The Morgan fingerprint density at radius 2 is 1.76 bits per heavy atom. The topological polar surface area (TPSA) is 104 Å². The zero-order chi connectivity index (χ0) is 18.2. The van der Waals surface area contributed by atoms with Crippen molar-refractivity contribution < 1.29 is 24.6 Å². The van der Waals surface area contributed by atoms with Crippen LogP contribution in [0.15, 0.2) is 60.2 Å². The van der Waals surface area contributed by atoms with Gasteiger partial charge in [0.25, 0.3) is 0 Å². The number of anilines is 1. The van der Waals surface area contributed by atoms with Crippen molar-refractivity contribution in [3.8, 4) is 0 Å². The third kappa shape index (κ3) is 2.48. The first kappa shape index (κ1) is 16.4. The van der Waals surface area contributed by atoms with Gasteiger partial charge >= 0.3 is 11.9 Å². The largest absolute Gasteiger partial charge is 0.478 e. The minimum atomic E-state index is -1.73. The monoisotopic (exact) mass is 337 g/mol. The van der Waals surface area contributed by atoms with E-state index < -0.39 is 28.8 Å². The number of hydrogen-bond donors (Lipinski definition) is 3. The lowest BCUT2D eigenvalue weighted by Gasteiger charge is -2.29. The molecule has 0 aromatic heterocycles. The Kier molecular flexibility index (Phi) is 3.88. The van der Waals surface area contributed by atoms with E-state index in [2.05, 4.69) is 5.32 Å². The van der Waals surface area contributed by atoms with Gasteiger partial charge in [-0.25, -0.2) is 9.59 Å². The summed E-state index contributed by atoms with van der Waals surface area (Å²) >= 11 is 0. The SMILES string of the molecule is Cc1ccc2c(c1)C(/C(=C\C(=O)O)C(=O)O)(c1ccccc1)C(=O)N2. The molecule has 0 saturated heterocycles. The van der Waals surface area contributed by atoms with E-state index in [1.807, 2.05) is 6.92 Å². The molecule has 0 fully saturated rings. The minimum absolute atomic E-state index is 0.395. The van der Waals surface area contributed by atoms with E-state index >= 15 is 0 Å². The zero-order valence-electron chi connectivity index (χ0n) is 13.3. The van der Waals surface area contributed by atoms with E-state index in [4.69, 9.17) is 0 Å². The standard InChI is InChI=1S/C19H15NO5/c1-11-7-8-15-13(9-11)19(18(25)20-15,12-5-3-2-4-6-12)14(17(23)24)10-16(21)22/h2-10H,1H3,(H,20,25)(H,21,22)(H,23,24)/b14-10-. The molecule has 3 rings (SSSR count). The van der Waals surface area contributed by atoms with E-state index in [1.54, 1.807) is 48.5 Å². The highest BCUT2D eigenvalue weighted by Gasteiger charge is 2.53. The maximum atomic E-state index is 13.0. The van der Waals surface area contributed by atoms with Gasteiger partial charge in [0, 0.05) is 17.3 Å². The summed E-state index contributed by atoms with van der Waals surface area (Å²) in [5, 5.41) is 21.6. The van der Waals surface area contributed by atoms with Crippen molar-refractivity contribution >= 4 is 23.5 Å². The predicted octanol–water partition coefficient (Wildman–Crippen LogP) is 2.33. The van der Waals surface area contributed by atoms with Crippen LogP contribution >= 0.6 is 0 Å².